The Kier molecular flexibility index (Phi) is 1.84. The third kappa shape index (κ3) is 1.39. The molecule has 58 valence electrons. The summed E-state index contributed by atoms with van der Waals surface area (Å²) >= 11 is 4.29. The molecule has 0 amide bonds. The van der Waals surface area contributed by atoms with Crippen molar-refractivity contribution in [3.63, 3.8) is 0 Å². The zero-order valence-electron chi connectivity index (χ0n) is 6.20. The summed E-state index contributed by atoms with van der Waals surface area (Å²) < 4.78 is 2.02. The van der Waals surface area contributed by atoms with E-state index in [1.165, 1.54) is 11.3 Å². The van der Waals surface area contributed by atoms with Crippen LogP contribution in [0.3, 0.4) is 0 Å². The molecule has 0 saturated carbocycles. The van der Waals surface area contributed by atoms with Crippen molar-refractivity contribution in [2.24, 2.45) is 0 Å². The number of fused-ring (bicyclic) bond motifs is 1. The predicted molar refractivity (Wildman–Crippen MR) is 47.3 cm³/mol. The van der Waals surface area contributed by atoms with Crippen molar-refractivity contribution < 1.29 is 0 Å². The van der Waals surface area contributed by atoms with Gasteiger partial charge in [-0.05, 0) is 11.6 Å². The van der Waals surface area contributed by atoms with Gasteiger partial charge in [0.05, 0.1) is 0 Å². The SMILES string of the molecule is SN1CCc2ncccc2C1. The predicted octanol–water partition coefficient (Wildman–Crippen LogP) is 1.28. The fourth-order valence-electron chi connectivity index (χ4n) is 1.35. The Hall–Kier alpha value is -0.540. The van der Waals surface area contributed by atoms with Crippen LogP contribution in [0.25, 0.3) is 0 Å². The maximum Gasteiger partial charge on any atom is 0.0462 e. The van der Waals surface area contributed by atoms with Gasteiger partial charge >= 0.3 is 0 Å². The highest BCUT2D eigenvalue weighted by molar-refractivity contribution is 7.77. The highest BCUT2D eigenvalue weighted by Gasteiger charge is 2.12. The van der Waals surface area contributed by atoms with Crippen LogP contribution < -0.4 is 0 Å². The molecule has 0 bridgehead atoms. The number of hydrogen-bond donors (Lipinski definition) is 1. The van der Waals surface area contributed by atoms with E-state index in [9.17, 15) is 0 Å². The average molecular weight is 166 g/mol. The lowest BCUT2D eigenvalue weighted by Crippen LogP contribution is -2.22. The number of nitrogens with zero attached hydrogens (tertiary/aromatic N) is 2. The van der Waals surface area contributed by atoms with Gasteiger partial charge < -0.3 is 0 Å². The van der Waals surface area contributed by atoms with E-state index in [4.69, 9.17) is 0 Å². The zero-order chi connectivity index (χ0) is 7.68. The van der Waals surface area contributed by atoms with Crippen LogP contribution in [0.2, 0.25) is 0 Å². The molecule has 11 heavy (non-hydrogen) atoms. The zero-order valence-corrected chi connectivity index (χ0v) is 7.09. The minimum Gasteiger partial charge on any atom is -0.261 e. The maximum absolute atomic E-state index is 4.29. The molecular formula is C8H10N2S. The largest absolute Gasteiger partial charge is 0.261 e. The van der Waals surface area contributed by atoms with Crippen molar-refractivity contribution in [3.8, 4) is 0 Å². The molecule has 1 aromatic heterocycles. The molecule has 0 spiro atoms. The Bertz CT molecular complexity index is 262. The summed E-state index contributed by atoms with van der Waals surface area (Å²) in [6.07, 6.45) is 2.88. The summed E-state index contributed by atoms with van der Waals surface area (Å²) in [5.41, 5.74) is 2.55. The van der Waals surface area contributed by atoms with E-state index in [0.29, 0.717) is 0 Å². The van der Waals surface area contributed by atoms with Gasteiger partial charge in [0.15, 0.2) is 0 Å². The Morgan fingerprint density at radius 2 is 2.45 bits per heavy atom. The van der Waals surface area contributed by atoms with Gasteiger partial charge in [-0.15, -0.1) is 0 Å². The van der Waals surface area contributed by atoms with Crippen molar-refractivity contribution in [2.75, 3.05) is 6.54 Å². The van der Waals surface area contributed by atoms with Gasteiger partial charge in [0.2, 0.25) is 0 Å². The van der Waals surface area contributed by atoms with Crippen molar-refractivity contribution in [1.82, 2.24) is 9.29 Å². The Labute approximate surface area is 71.8 Å². The second kappa shape index (κ2) is 2.83. The van der Waals surface area contributed by atoms with Gasteiger partial charge in [0.25, 0.3) is 0 Å². The number of rotatable bonds is 0. The van der Waals surface area contributed by atoms with Crippen LogP contribution in [0.4, 0.5) is 0 Å². The molecule has 0 aliphatic carbocycles. The third-order valence-corrected chi connectivity index (χ3v) is 2.29. The van der Waals surface area contributed by atoms with E-state index in [1.54, 1.807) is 0 Å². The van der Waals surface area contributed by atoms with Gasteiger partial charge in [-0.25, -0.2) is 4.31 Å². The monoisotopic (exact) mass is 166 g/mol. The summed E-state index contributed by atoms with van der Waals surface area (Å²) in [7, 11) is 0. The quantitative estimate of drug-likeness (QED) is 0.584. The third-order valence-electron chi connectivity index (χ3n) is 1.94. The lowest BCUT2D eigenvalue weighted by Gasteiger charge is -2.22. The van der Waals surface area contributed by atoms with Crippen LogP contribution in [-0.4, -0.2) is 15.8 Å². The summed E-state index contributed by atoms with van der Waals surface area (Å²) in [5, 5.41) is 0. The van der Waals surface area contributed by atoms with Crippen molar-refractivity contribution in [2.45, 2.75) is 13.0 Å². The molecule has 2 heterocycles. The second-order valence-corrected chi connectivity index (χ2v) is 3.31. The topological polar surface area (TPSA) is 16.1 Å². The highest BCUT2D eigenvalue weighted by atomic mass is 32.1. The molecule has 0 fully saturated rings. The van der Waals surface area contributed by atoms with E-state index >= 15 is 0 Å². The molecular weight excluding hydrogens is 156 g/mol. The number of hydrogen-bond acceptors (Lipinski definition) is 3. The molecule has 0 unspecified atom stereocenters. The molecule has 0 aromatic carbocycles. The molecule has 3 heteroatoms. The average Bonchev–Trinajstić information content (AvgIpc) is 2.04. The fourth-order valence-corrected chi connectivity index (χ4v) is 1.60. The normalized spacial score (nSPS) is 17.9. The summed E-state index contributed by atoms with van der Waals surface area (Å²) in [6.45, 7) is 1.93. The Morgan fingerprint density at radius 3 is 3.36 bits per heavy atom. The van der Waals surface area contributed by atoms with E-state index in [-0.39, 0.29) is 0 Å². The van der Waals surface area contributed by atoms with Gasteiger partial charge in [-0.1, -0.05) is 18.9 Å². The molecule has 2 rings (SSSR count). The summed E-state index contributed by atoms with van der Waals surface area (Å²) in [4.78, 5) is 4.29. The second-order valence-electron chi connectivity index (χ2n) is 2.75. The standard InChI is InChI=1S/C8H10N2S/c11-10-5-3-8-7(6-10)2-1-4-9-8/h1-2,4,11H,3,5-6H2. The van der Waals surface area contributed by atoms with Crippen LogP contribution in [0.1, 0.15) is 11.3 Å². The first-order valence-corrected chi connectivity index (χ1v) is 4.13. The maximum atomic E-state index is 4.29. The fraction of sp³-hybridized carbons (Fsp3) is 0.375. The Morgan fingerprint density at radius 1 is 1.55 bits per heavy atom. The summed E-state index contributed by atoms with van der Waals surface area (Å²) in [5.74, 6) is 0. The van der Waals surface area contributed by atoms with Gasteiger partial charge in [0, 0.05) is 31.4 Å². The first kappa shape index (κ1) is 7.13. The Balaban J connectivity index is 2.34. The summed E-state index contributed by atoms with van der Waals surface area (Å²) in [6, 6.07) is 4.09. The van der Waals surface area contributed by atoms with Crippen molar-refractivity contribution in [3.05, 3.63) is 29.6 Å². The molecule has 2 nitrogen and oxygen atoms in total. The van der Waals surface area contributed by atoms with E-state index in [1.807, 2.05) is 16.6 Å². The lowest BCUT2D eigenvalue weighted by atomic mass is 10.1. The molecule has 0 N–H and O–H groups in total. The van der Waals surface area contributed by atoms with E-state index in [2.05, 4.69) is 23.9 Å². The molecule has 1 aromatic rings. The van der Waals surface area contributed by atoms with Crippen LogP contribution in [-0.2, 0) is 13.0 Å². The van der Waals surface area contributed by atoms with E-state index in [0.717, 1.165) is 19.5 Å². The molecule has 1 aliphatic rings. The number of thiol groups is 1. The number of aromatic nitrogens is 1. The van der Waals surface area contributed by atoms with Gasteiger partial charge in [0.1, 0.15) is 0 Å². The molecule has 0 radical (unpaired) electrons. The van der Waals surface area contributed by atoms with Crippen LogP contribution in [0, 0.1) is 0 Å². The van der Waals surface area contributed by atoms with Crippen LogP contribution in [0.15, 0.2) is 18.3 Å². The van der Waals surface area contributed by atoms with E-state index < -0.39 is 0 Å². The highest BCUT2D eigenvalue weighted by Crippen LogP contribution is 2.16. The number of pyridine rings is 1. The van der Waals surface area contributed by atoms with Crippen molar-refractivity contribution in [1.29, 1.82) is 0 Å². The van der Waals surface area contributed by atoms with Gasteiger partial charge in [-0.3, -0.25) is 4.98 Å². The molecule has 0 atom stereocenters. The molecule has 0 saturated heterocycles. The van der Waals surface area contributed by atoms with Crippen LogP contribution in [0.5, 0.6) is 0 Å². The van der Waals surface area contributed by atoms with Crippen molar-refractivity contribution >= 4 is 12.8 Å². The lowest BCUT2D eigenvalue weighted by molar-refractivity contribution is 0.444. The van der Waals surface area contributed by atoms with Gasteiger partial charge in [-0.2, -0.15) is 0 Å². The first-order chi connectivity index (χ1) is 5.36. The minimum atomic E-state index is 0.923. The first-order valence-electron chi connectivity index (χ1n) is 3.73. The smallest absolute Gasteiger partial charge is 0.0462 e. The minimum absolute atomic E-state index is 0.923. The van der Waals surface area contributed by atoms with Crippen LogP contribution >= 0.6 is 12.8 Å². The molecule has 1 aliphatic heterocycles.